The van der Waals surface area contributed by atoms with Crippen LogP contribution in [0.25, 0.3) is 0 Å². The lowest BCUT2D eigenvalue weighted by molar-refractivity contribution is -0.193. The molecular weight excluding hydrogens is 1000 g/mol. The van der Waals surface area contributed by atoms with Crippen molar-refractivity contribution in [3.05, 3.63) is 213 Å². The molecule has 0 aliphatic rings. The Kier molecular flexibility index (Phi) is 91.2. The summed E-state index contributed by atoms with van der Waals surface area (Å²) in [6.45, 7) is 10.1. The highest BCUT2D eigenvalue weighted by Gasteiger charge is 2.08. The average Bonchev–Trinajstić information content (AvgIpc) is 3.37. The topological polar surface area (TPSA) is 235 Å². The van der Waals surface area contributed by atoms with E-state index in [-0.39, 0.29) is 99.8 Å². The van der Waals surface area contributed by atoms with E-state index in [9.17, 15) is 9.59 Å². The Bertz CT molecular complexity index is 2180. The molecule has 456 valence electrons. The number of benzene rings is 6. The number of aromatic carboxylic acids is 2. The third-order valence-corrected chi connectivity index (χ3v) is 9.61. The molecule has 0 aromatic heterocycles. The third kappa shape index (κ3) is 51.6. The van der Waals surface area contributed by atoms with Crippen molar-refractivity contribution in [1.29, 1.82) is 0 Å². The van der Waals surface area contributed by atoms with Crippen molar-refractivity contribution < 1.29 is 49.2 Å². The summed E-state index contributed by atoms with van der Waals surface area (Å²) in [5.41, 5.74) is 20.6. The van der Waals surface area contributed by atoms with Crippen molar-refractivity contribution in [3.63, 3.8) is 0 Å². The molecule has 6 aromatic carbocycles. The number of carbonyl (C=O) groups is 2. The summed E-state index contributed by atoms with van der Waals surface area (Å²) < 4.78 is 0. The molecule has 0 atom stereocenters. The Hall–Kier alpha value is -7.14. The number of aryl methyl sites for hydroxylation is 4. The molecule has 0 aliphatic heterocycles. The monoisotopic (exact) mass is 1120 g/mol. The standard InChI is InChI=1S/C10H12O2.2C10H14O.C9H11NO2.C9H12.C8H11N.2CO2.10CH4/c1-2-5-8-6-3-4-7-9(8)10(11)12;1-2-5-9-6-3-4-7-10(9)8-11;1-2-4-9-5-3-6-10(7-9)8-11;10-6-5-7-3-1-2-4-8(7)9(11)12;1-2-6-9-7-4-3-5-8-9;9-7-6-8-4-2-1-3-5-8;2*2-1-3;;;;;;;;;;/h3-4,6-7H,2,5H2,1H3,(H,11,12);3-4,6-7,11H,2,5,8H2,1H3;3,5-7,11H,2,4,8H2,1H3;1-4H,5-6,10H2,(H,11,12);3-5,7-8H,2,6H2,1H3;1-5H,6-7,9H2;;;10*1H4. The second kappa shape index (κ2) is 71.9. The fraction of sp³-hybridized carbons (Fsp3) is 0.412. The zero-order valence-corrected chi connectivity index (χ0v) is 41.3. The van der Waals surface area contributed by atoms with Crippen molar-refractivity contribution in [2.45, 2.75) is 179 Å². The van der Waals surface area contributed by atoms with Crippen LogP contribution in [-0.2, 0) is 70.9 Å². The van der Waals surface area contributed by atoms with Gasteiger partial charge in [-0.1, -0.05) is 273 Å². The summed E-state index contributed by atoms with van der Waals surface area (Å²) in [7, 11) is 0. The van der Waals surface area contributed by atoms with E-state index in [4.69, 9.17) is 51.1 Å². The molecule has 12 nitrogen and oxygen atoms in total. The number of hydrogen-bond donors (Lipinski definition) is 6. The number of aliphatic hydroxyl groups is 2. The van der Waals surface area contributed by atoms with Crippen molar-refractivity contribution in [2.75, 3.05) is 13.1 Å². The molecule has 8 N–H and O–H groups in total. The van der Waals surface area contributed by atoms with Crippen LogP contribution in [0.15, 0.2) is 158 Å². The largest absolute Gasteiger partial charge is 0.478 e. The van der Waals surface area contributed by atoms with Crippen LogP contribution in [0, 0.1) is 0 Å². The molecule has 0 unspecified atom stereocenters. The first-order chi connectivity index (χ1) is 33.9. The van der Waals surface area contributed by atoms with Gasteiger partial charge in [-0.15, -0.1) is 0 Å². The van der Waals surface area contributed by atoms with Crippen molar-refractivity contribution >= 4 is 24.2 Å². The molecule has 0 spiro atoms. The Balaban J connectivity index is -0.0000000665. The molecule has 0 bridgehead atoms. The summed E-state index contributed by atoms with van der Waals surface area (Å²) in [5, 5.41) is 35.3. The Morgan fingerprint density at radius 2 is 0.637 bits per heavy atom. The fourth-order valence-electron chi connectivity index (χ4n) is 6.46. The van der Waals surface area contributed by atoms with Gasteiger partial charge < -0.3 is 31.9 Å². The SMILES string of the molecule is C.C.C.C.C.C.C.C.C.C.CCCc1cccc(CO)c1.CCCc1ccccc1.CCCc1ccccc1C(=O)O.CCCc1ccccc1CO.NCCc1ccccc1.NCCc1ccccc1C(=O)O.O=C=O.O=C=O. The molecular formula is C68H114N2O10. The van der Waals surface area contributed by atoms with E-state index in [0.717, 1.165) is 73.7 Å². The summed E-state index contributed by atoms with van der Waals surface area (Å²) in [4.78, 5) is 53.9. The van der Waals surface area contributed by atoms with Gasteiger partial charge in [-0.25, -0.2) is 9.59 Å². The number of carboxylic acids is 2. The van der Waals surface area contributed by atoms with Crippen LogP contribution < -0.4 is 11.5 Å². The molecule has 0 saturated carbocycles. The van der Waals surface area contributed by atoms with Gasteiger partial charge >= 0.3 is 24.2 Å². The van der Waals surface area contributed by atoms with Crippen LogP contribution in [0.1, 0.15) is 193 Å². The Morgan fingerprint density at radius 1 is 0.350 bits per heavy atom. The van der Waals surface area contributed by atoms with Gasteiger partial charge in [0.2, 0.25) is 0 Å². The third-order valence-electron chi connectivity index (χ3n) is 9.61. The van der Waals surface area contributed by atoms with E-state index in [1.54, 1.807) is 30.3 Å². The van der Waals surface area contributed by atoms with Crippen LogP contribution >= 0.6 is 0 Å². The maximum atomic E-state index is 10.7. The van der Waals surface area contributed by atoms with Crippen LogP contribution in [0.5, 0.6) is 0 Å². The van der Waals surface area contributed by atoms with E-state index >= 15 is 0 Å². The second-order valence-electron chi connectivity index (χ2n) is 15.0. The Labute approximate surface area is 488 Å². The predicted octanol–water partition coefficient (Wildman–Crippen LogP) is 16.5. The Morgan fingerprint density at radius 3 is 0.988 bits per heavy atom. The highest BCUT2D eigenvalue weighted by Crippen LogP contribution is 2.12. The quantitative estimate of drug-likeness (QED) is 0.0531. The van der Waals surface area contributed by atoms with E-state index in [1.807, 2.05) is 73.7 Å². The average molecular weight is 1120 g/mol. The molecule has 0 saturated heterocycles. The molecule has 0 fully saturated rings. The first-order valence-corrected chi connectivity index (χ1v) is 23.4. The molecule has 0 aliphatic carbocycles. The number of hydrogen-bond acceptors (Lipinski definition) is 10. The lowest BCUT2D eigenvalue weighted by Gasteiger charge is -2.03. The highest BCUT2D eigenvalue weighted by atomic mass is 16.4. The summed E-state index contributed by atoms with van der Waals surface area (Å²) in [6.07, 6.45) is 10.8. The van der Waals surface area contributed by atoms with Gasteiger partial charge in [0, 0.05) is 0 Å². The number of aliphatic hydroxyl groups excluding tert-OH is 2. The van der Waals surface area contributed by atoms with Gasteiger partial charge in [-0.3, -0.25) is 0 Å². The minimum Gasteiger partial charge on any atom is -0.478 e. The minimum atomic E-state index is -0.890. The highest BCUT2D eigenvalue weighted by molar-refractivity contribution is 5.89. The normalized spacial score (nSPS) is 8.00. The lowest BCUT2D eigenvalue weighted by atomic mass is 10.0. The minimum absolute atomic E-state index is 0. The number of carboxylic acid groups (broad SMARTS) is 2. The van der Waals surface area contributed by atoms with Crippen molar-refractivity contribution in [1.82, 2.24) is 0 Å². The van der Waals surface area contributed by atoms with Gasteiger partial charge in [-0.2, -0.15) is 19.2 Å². The fourth-order valence-corrected chi connectivity index (χ4v) is 6.46. The smallest absolute Gasteiger partial charge is 0.373 e. The van der Waals surface area contributed by atoms with Crippen LogP contribution in [0.4, 0.5) is 0 Å². The molecule has 80 heavy (non-hydrogen) atoms. The van der Waals surface area contributed by atoms with Crippen LogP contribution in [0.3, 0.4) is 0 Å². The van der Waals surface area contributed by atoms with E-state index < -0.39 is 11.9 Å². The van der Waals surface area contributed by atoms with E-state index in [2.05, 4.69) is 81.4 Å². The zero-order valence-electron chi connectivity index (χ0n) is 41.3. The zero-order chi connectivity index (χ0) is 52.6. The first-order valence-electron chi connectivity index (χ1n) is 23.4. The van der Waals surface area contributed by atoms with Crippen LogP contribution in [-0.4, -0.2) is 57.8 Å². The first kappa shape index (κ1) is 102. The van der Waals surface area contributed by atoms with Gasteiger partial charge in [0.15, 0.2) is 0 Å². The van der Waals surface area contributed by atoms with Gasteiger partial charge in [0.25, 0.3) is 0 Å². The maximum Gasteiger partial charge on any atom is 0.373 e. The van der Waals surface area contributed by atoms with Gasteiger partial charge in [-0.05, 0) is 108 Å². The van der Waals surface area contributed by atoms with Gasteiger partial charge in [0.05, 0.1) is 24.3 Å². The van der Waals surface area contributed by atoms with Crippen molar-refractivity contribution in [3.8, 4) is 0 Å². The summed E-state index contributed by atoms with van der Waals surface area (Å²) >= 11 is 0. The second-order valence-corrected chi connectivity index (χ2v) is 15.0. The predicted molar refractivity (Wildman–Crippen MR) is 343 cm³/mol. The maximum absolute atomic E-state index is 10.7. The molecule has 12 heteroatoms. The number of nitrogens with two attached hydrogens (primary N) is 2. The lowest BCUT2D eigenvalue weighted by Crippen LogP contribution is -2.08. The van der Waals surface area contributed by atoms with Crippen molar-refractivity contribution in [2.24, 2.45) is 11.5 Å². The molecule has 0 amide bonds. The van der Waals surface area contributed by atoms with Crippen LogP contribution in [0.2, 0.25) is 0 Å². The molecule has 0 heterocycles. The molecule has 6 aromatic rings. The summed E-state index contributed by atoms with van der Waals surface area (Å²) in [6, 6.07) is 51.0. The molecule has 6 rings (SSSR count). The van der Waals surface area contributed by atoms with E-state index in [1.165, 1.54) is 35.1 Å². The van der Waals surface area contributed by atoms with Gasteiger partial charge in [0.1, 0.15) is 0 Å². The summed E-state index contributed by atoms with van der Waals surface area (Å²) in [5.74, 6) is -1.72. The van der Waals surface area contributed by atoms with E-state index in [0.29, 0.717) is 24.1 Å². The number of carbonyl (C=O) groups excluding carboxylic acids is 4. The number of rotatable bonds is 16. The molecule has 0 radical (unpaired) electrons.